The van der Waals surface area contributed by atoms with Crippen LogP contribution in [0.15, 0.2) is 22.7 Å². The Labute approximate surface area is 176 Å². The molecule has 0 bridgehead atoms. The highest BCUT2D eigenvalue weighted by molar-refractivity contribution is 5.97. The number of carbonyl (C=O) groups excluding carboxylic acids is 2. The summed E-state index contributed by atoms with van der Waals surface area (Å²) in [6, 6.07) is 3.94. The molecule has 31 heavy (non-hydrogen) atoms. The van der Waals surface area contributed by atoms with Crippen molar-refractivity contribution in [3.8, 4) is 6.07 Å². The third-order valence-electron chi connectivity index (χ3n) is 5.22. The number of aromatic nitrogens is 1. The average Bonchev–Trinajstić information content (AvgIpc) is 3.09. The highest BCUT2D eigenvalue weighted by Crippen LogP contribution is 2.35. The maximum absolute atomic E-state index is 13.4. The number of hydrogen-bond acceptors (Lipinski definition) is 6. The lowest BCUT2D eigenvalue weighted by Gasteiger charge is -2.41. The number of aryl methyl sites for hydroxylation is 2. The maximum Gasteiger partial charge on any atom is 0.417 e. The molecule has 8 nitrogen and oxygen atoms in total. The first-order valence-corrected chi connectivity index (χ1v) is 9.40. The van der Waals surface area contributed by atoms with Gasteiger partial charge in [0.2, 0.25) is 5.91 Å². The first kappa shape index (κ1) is 22.1. The fourth-order valence-electron chi connectivity index (χ4n) is 3.66. The Morgan fingerprint density at radius 2 is 2.00 bits per heavy atom. The summed E-state index contributed by atoms with van der Waals surface area (Å²) < 4.78 is 45.2. The van der Waals surface area contributed by atoms with E-state index in [-0.39, 0.29) is 31.2 Å². The smallest absolute Gasteiger partial charge is 0.361 e. The third kappa shape index (κ3) is 4.19. The van der Waals surface area contributed by atoms with Gasteiger partial charge in [-0.25, -0.2) is 0 Å². The summed E-state index contributed by atoms with van der Waals surface area (Å²) in [6.45, 7) is 3.50. The Morgan fingerprint density at radius 3 is 2.55 bits per heavy atom. The van der Waals surface area contributed by atoms with Gasteiger partial charge in [-0.3, -0.25) is 9.59 Å². The van der Waals surface area contributed by atoms with Gasteiger partial charge >= 0.3 is 6.18 Å². The number of amides is 2. The van der Waals surface area contributed by atoms with Crippen molar-refractivity contribution >= 4 is 17.5 Å². The zero-order valence-electron chi connectivity index (χ0n) is 17.1. The fraction of sp³-hybridized carbons (Fsp3) is 0.400. The van der Waals surface area contributed by atoms with Crippen LogP contribution in [0.5, 0.6) is 0 Å². The van der Waals surface area contributed by atoms with Gasteiger partial charge in [0.05, 0.1) is 29.4 Å². The van der Waals surface area contributed by atoms with Crippen LogP contribution < -0.4 is 10.2 Å². The molecule has 11 heteroatoms. The monoisotopic (exact) mass is 435 g/mol. The van der Waals surface area contributed by atoms with Crippen molar-refractivity contribution in [3.05, 3.63) is 46.3 Å². The first-order chi connectivity index (χ1) is 14.6. The number of hydrogen-bond donors (Lipinski definition) is 1. The summed E-state index contributed by atoms with van der Waals surface area (Å²) in [5, 5.41) is 15.3. The number of piperazine rings is 1. The predicted molar refractivity (Wildman–Crippen MR) is 103 cm³/mol. The zero-order chi connectivity index (χ0) is 22.9. The second-order valence-electron chi connectivity index (χ2n) is 7.11. The minimum Gasteiger partial charge on any atom is -0.361 e. The summed E-state index contributed by atoms with van der Waals surface area (Å²) in [5.74, 6) is -0.460. The van der Waals surface area contributed by atoms with Gasteiger partial charge in [0, 0.05) is 25.8 Å². The van der Waals surface area contributed by atoms with E-state index in [0.717, 1.165) is 12.1 Å². The Balaban J connectivity index is 1.94. The number of halogens is 3. The van der Waals surface area contributed by atoms with E-state index in [2.05, 4.69) is 10.5 Å². The number of alkyl halides is 3. The van der Waals surface area contributed by atoms with Crippen LogP contribution in [0.1, 0.15) is 32.9 Å². The van der Waals surface area contributed by atoms with E-state index in [1.165, 1.54) is 22.9 Å². The lowest BCUT2D eigenvalue weighted by molar-refractivity contribution is -0.137. The van der Waals surface area contributed by atoms with E-state index >= 15 is 0 Å². The van der Waals surface area contributed by atoms with Gasteiger partial charge in [-0.05, 0) is 32.0 Å². The Bertz CT molecular complexity index is 1040. The average molecular weight is 435 g/mol. The number of nitrogens with one attached hydrogen (secondary N) is 1. The van der Waals surface area contributed by atoms with E-state index < -0.39 is 29.3 Å². The van der Waals surface area contributed by atoms with Crippen molar-refractivity contribution in [2.45, 2.75) is 26.1 Å². The number of carbonyl (C=O) groups is 2. The van der Waals surface area contributed by atoms with Gasteiger partial charge in [0.1, 0.15) is 17.4 Å². The number of nitrogens with zero attached hydrogens (tertiary/aromatic N) is 4. The molecule has 3 rings (SSSR count). The van der Waals surface area contributed by atoms with Gasteiger partial charge in [-0.1, -0.05) is 5.16 Å². The lowest BCUT2D eigenvalue weighted by atomic mass is 10.0. The van der Waals surface area contributed by atoms with E-state index in [9.17, 15) is 22.8 Å². The molecule has 1 aliphatic heterocycles. The molecule has 0 saturated carbocycles. The quantitative estimate of drug-likeness (QED) is 0.794. The molecule has 1 fully saturated rings. The van der Waals surface area contributed by atoms with E-state index in [1.807, 2.05) is 0 Å². The SMILES string of the molecule is CNC(=O)C1CN(C(=O)c2c(C)noc2C)CCN1c1ccc(C#N)c(C(F)(F)F)c1. The fourth-order valence-corrected chi connectivity index (χ4v) is 3.66. The topological polar surface area (TPSA) is 102 Å². The molecule has 2 amide bonds. The van der Waals surface area contributed by atoms with Gasteiger partial charge in [0.15, 0.2) is 0 Å². The van der Waals surface area contributed by atoms with Gasteiger partial charge in [-0.2, -0.15) is 18.4 Å². The highest BCUT2D eigenvalue weighted by Gasteiger charge is 2.38. The number of benzene rings is 1. The molecule has 0 radical (unpaired) electrons. The molecular weight excluding hydrogens is 415 g/mol. The van der Waals surface area contributed by atoms with E-state index in [1.54, 1.807) is 19.9 Å². The predicted octanol–water partition coefficient (Wildman–Crippen LogP) is 2.26. The first-order valence-electron chi connectivity index (χ1n) is 9.40. The van der Waals surface area contributed by atoms with Crippen molar-refractivity contribution in [3.63, 3.8) is 0 Å². The molecule has 2 aromatic rings. The number of likely N-dealkylation sites (N-methyl/N-ethyl adjacent to an activating group) is 1. The molecule has 0 aliphatic carbocycles. The van der Waals surface area contributed by atoms with Crippen molar-refractivity contribution in [2.24, 2.45) is 0 Å². The van der Waals surface area contributed by atoms with Gasteiger partial charge in [0.25, 0.3) is 5.91 Å². The maximum atomic E-state index is 13.4. The molecule has 164 valence electrons. The number of anilines is 1. The van der Waals surface area contributed by atoms with Crippen LogP contribution in [0.3, 0.4) is 0 Å². The standard InChI is InChI=1S/C20H20F3N5O3/c1-11-17(12(2)31-26-11)19(30)27-6-7-28(16(10-27)18(29)25-3)14-5-4-13(9-24)15(8-14)20(21,22)23/h4-5,8,16H,6-7,10H2,1-3H3,(H,25,29). The normalized spacial score (nSPS) is 16.7. The van der Waals surface area contributed by atoms with Gasteiger partial charge < -0.3 is 19.6 Å². The molecule has 1 N–H and O–H groups in total. The number of nitriles is 1. The molecule has 1 saturated heterocycles. The molecule has 1 unspecified atom stereocenters. The van der Waals surface area contributed by atoms with Crippen LogP contribution in [0, 0.1) is 25.2 Å². The van der Waals surface area contributed by atoms with E-state index in [0.29, 0.717) is 17.0 Å². The van der Waals surface area contributed by atoms with Crippen LogP contribution >= 0.6 is 0 Å². The molecule has 1 atom stereocenters. The van der Waals surface area contributed by atoms with Crippen LogP contribution in [-0.4, -0.2) is 54.6 Å². The van der Waals surface area contributed by atoms with Crippen LogP contribution in [0.2, 0.25) is 0 Å². The molecule has 1 aromatic carbocycles. The minimum absolute atomic E-state index is 0.0378. The van der Waals surface area contributed by atoms with Crippen LogP contribution in [0.25, 0.3) is 0 Å². The Morgan fingerprint density at radius 1 is 1.29 bits per heavy atom. The zero-order valence-corrected chi connectivity index (χ0v) is 17.1. The largest absolute Gasteiger partial charge is 0.417 e. The number of rotatable bonds is 3. The Hall–Kier alpha value is -3.55. The molecular formula is C20H20F3N5O3. The van der Waals surface area contributed by atoms with Crippen LogP contribution in [0.4, 0.5) is 18.9 Å². The van der Waals surface area contributed by atoms with Crippen molar-refractivity contribution in [2.75, 3.05) is 31.6 Å². The molecule has 2 heterocycles. The summed E-state index contributed by atoms with van der Waals surface area (Å²) in [7, 11) is 1.41. The highest BCUT2D eigenvalue weighted by atomic mass is 19.4. The Kier molecular flexibility index (Phi) is 5.92. The molecule has 0 spiro atoms. The second-order valence-corrected chi connectivity index (χ2v) is 7.11. The summed E-state index contributed by atoms with van der Waals surface area (Å²) in [5.41, 5.74) is -0.702. The molecule has 1 aromatic heterocycles. The van der Waals surface area contributed by atoms with Gasteiger partial charge in [-0.15, -0.1) is 0 Å². The second kappa shape index (κ2) is 8.29. The minimum atomic E-state index is -4.72. The summed E-state index contributed by atoms with van der Waals surface area (Å²) in [4.78, 5) is 28.5. The third-order valence-corrected chi connectivity index (χ3v) is 5.22. The lowest BCUT2D eigenvalue weighted by Crippen LogP contribution is -2.60. The summed E-state index contributed by atoms with van der Waals surface area (Å²) in [6.07, 6.45) is -4.72. The van der Waals surface area contributed by atoms with Crippen LogP contribution in [-0.2, 0) is 11.0 Å². The van der Waals surface area contributed by atoms with Crippen molar-refractivity contribution < 1.29 is 27.3 Å². The van der Waals surface area contributed by atoms with Crippen molar-refractivity contribution in [1.29, 1.82) is 5.26 Å². The molecule has 1 aliphatic rings. The van der Waals surface area contributed by atoms with Crippen molar-refractivity contribution in [1.82, 2.24) is 15.4 Å². The summed E-state index contributed by atoms with van der Waals surface area (Å²) >= 11 is 0. The van der Waals surface area contributed by atoms with E-state index in [4.69, 9.17) is 9.78 Å².